The Morgan fingerprint density at radius 2 is 1.68 bits per heavy atom. The van der Waals surface area contributed by atoms with Gasteiger partial charge in [-0.1, -0.05) is 42.5 Å². The third-order valence-electron chi connectivity index (χ3n) is 4.85. The van der Waals surface area contributed by atoms with Gasteiger partial charge in [0.15, 0.2) is 11.5 Å². The van der Waals surface area contributed by atoms with Crippen LogP contribution in [0.15, 0.2) is 91.3 Å². The molecule has 0 unspecified atom stereocenters. The first kappa shape index (κ1) is 18.6. The largest absolute Gasteiger partial charge is 0.326 e. The van der Waals surface area contributed by atoms with Gasteiger partial charge in [0, 0.05) is 29.2 Å². The van der Waals surface area contributed by atoms with Crippen molar-refractivity contribution in [3.63, 3.8) is 0 Å². The molecule has 2 aromatic carbocycles. The lowest BCUT2D eigenvalue weighted by molar-refractivity contribution is -0.115. The van der Waals surface area contributed by atoms with Crippen LogP contribution in [0.5, 0.6) is 0 Å². The fourth-order valence-electron chi connectivity index (χ4n) is 3.37. The van der Waals surface area contributed by atoms with Crippen LogP contribution in [0.25, 0.3) is 28.3 Å². The predicted molar refractivity (Wildman–Crippen MR) is 118 cm³/mol. The summed E-state index contributed by atoms with van der Waals surface area (Å²) in [7, 11) is 0. The van der Waals surface area contributed by atoms with Crippen LogP contribution in [0.3, 0.4) is 0 Å². The SMILES string of the molecule is O=C(Cc1ccccc1)Nc1cccc(-c2ccc3nnc(-c4ccncc4)n3n2)c1. The highest BCUT2D eigenvalue weighted by molar-refractivity contribution is 5.92. The monoisotopic (exact) mass is 406 g/mol. The summed E-state index contributed by atoms with van der Waals surface area (Å²) in [5, 5.41) is 16.2. The first-order chi connectivity index (χ1) is 15.3. The second-order valence-electron chi connectivity index (χ2n) is 7.04. The number of fused-ring (bicyclic) bond motifs is 1. The van der Waals surface area contributed by atoms with Gasteiger partial charge in [0.25, 0.3) is 0 Å². The number of anilines is 1. The first-order valence-corrected chi connectivity index (χ1v) is 9.83. The van der Waals surface area contributed by atoms with Crippen LogP contribution in [0.2, 0.25) is 0 Å². The average molecular weight is 406 g/mol. The van der Waals surface area contributed by atoms with E-state index in [0.717, 1.165) is 28.1 Å². The van der Waals surface area contributed by atoms with Crippen LogP contribution in [0.1, 0.15) is 5.56 Å². The summed E-state index contributed by atoms with van der Waals surface area (Å²) >= 11 is 0. The molecule has 150 valence electrons. The van der Waals surface area contributed by atoms with E-state index in [1.807, 2.05) is 78.9 Å². The zero-order valence-electron chi connectivity index (χ0n) is 16.5. The van der Waals surface area contributed by atoms with Crippen molar-refractivity contribution in [2.24, 2.45) is 0 Å². The zero-order valence-corrected chi connectivity index (χ0v) is 16.5. The molecule has 0 radical (unpaired) electrons. The van der Waals surface area contributed by atoms with Crippen LogP contribution in [0.4, 0.5) is 5.69 Å². The van der Waals surface area contributed by atoms with Crippen molar-refractivity contribution >= 4 is 17.2 Å². The van der Waals surface area contributed by atoms with E-state index in [1.54, 1.807) is 16.9 Å². The first-order valence-electron chi connectivity index (χ1n) is 9.83. The summed E-state index contributed by atoms with van der Waals surface area (Å²) in [6.45, 7) is 0. The molecule has 3 aromatic heterocycles. The van der Waals surface area contributed by atoms with Crippen molar-refractivity contribution in [1.29, 1.82) is 0 Å². The fraction of sp³-hybridized carbons (Fsp3) is 0.0417. The molecule has 0 aliphatic carbocycles. The molecule has 1 N–H and O–H groups in total. The summed E-state index contributed by atoms with van der Waals surface area (Å²) in [4.78, 5) is 16.5. The molecule has 0 saturated carbocycles. The molecular weight excluding hydrogens is 388 g/mol. The minimum atomic E-state index is -0.0643. The third-order valence-corrected chi connectivity index (χ3v) is 4.85. The van der Waals surface area contributed by atoms with Gasteiger partial charge in [0.1, 0.15) is 0 Å². The van der Waals surface area contributed by atoms with Gasteiger partial charge in [0.2, 0.25) is 5.91 Å². The normalized spacial score (nSPS) is 10.8. The Hall–Kier alpha value is -4.39. The smallest absolute Gasteiger partial charge is 0.228 e. The Kier molecular flexibility index (Phi) is 4.90. The van der Waals surface area contributed by atoms with E-state index < -0.39 is 0 Å². The maximum atomic E-state index is 12.4. The molecule has 3 heterocycles. The van der Waals surface area contributed by atoms with E-state index in [4.69, 9.17) is 5.10 Å². The molecule has 7 nitrogen and oxygen atoms in total. The lowest BCUT2D eigenvalue weighted by Crippen LogP contribution is -2.14. The minimum absolute atomic E-state index is 0.0643. The second kappa shape index (κ2) is 8.16. The molecule has 31 heavy (non-hydrogen) atoms. The van der Waals surface area contributed by atoms with Crippen LogP contribution in [-0.4, -0.2) is 30.7 Å². The van der Waals surface area contributed by atoms with Gasteiger partial charge in [-0.05, 0) is 42.0 Å². The number of rotatable bonds is 5. The minimum Gasteiger partial charge on any atom is -0.326 e. The van der Waals surface area contributed by atoms with Crippen molar-refractivity contribution in [1.82, 2.24) is 24.8 Å². The van der Waals surface area contributed by atoms with Gasteiger partial charge in [-0.2, -0.15) is 9.61 Å². The third kappa shape index (κ3) is 4.02. The second-order valence-corrected chi connectivity index (χ2v) is 7.04. The number of amides is 1. The molecule has 0 aliphatic heterocycles. The maximum Gasteiger partial charge on any atom is 0.228 e. The van der Waals surface area contributed by atoms with E-state index in [-0.39, 0.29) is 5.91 Å². The summed E-state index contributed by atoms with van der Waals surface area (Å²) < 4.78 is 1.71. The molecule has 5 aromatic rings. The van der Waals surface area contributed by atoms with Gasteiger partial charge < -0.3 is 5.32 Å². The summed E-state index contributed by atoms with van der Waals surface area (Å²) in [6.07, 6.45) is 3.75. The van der Waals surface area contributed by atoms with Crippen LogP contribution in [-0.2, 0) is 11.2 Å². The topological polar surface area (TPSA) is 85.1 Å². The number of pyridine rings is 1. The summed E-state index contributed by atoms with van der Waals surface area (Å²) in [6, 6.07) is 24.8. The maximum absolute atomic E-state index is 12.4. The molecule has 0 spiro atoms. The number of nitrogens with zero attached hydrogens (tertiary/aromatic N) is 5. The van der Waals surface area contributed by atoms with Gasteiger partial charge >= 0.3 is 0 Å². The van der Waals surface area contributed by atoms with Crippen LogP contribution >= 0.6 is 0 Å². The van der Waals surface area contributed by atoms with E-state index in [2.05, 4.69) is 20.5 Å². The quantitative estimate of drug-likeness (QED) is 0.476. The Labute approximate surface area is 178 Å². The van der Waals surface area contributed by atoms with Crippen molar-refractivity contribution in [2.75, 3.05) is 5.32 Å². The van der Waals surface area contributed by atoms with Crippen LogP contribution in [0, 0.1) is 0 Å². The molecule has 5 rings (SSSR count). The van der Waals surface area contributed by atoms with Gasteiger partial charge in [-0.3, -0.25) is 9.78 Å². The van der Waals surface area contributed by atoms with E-state index in [9.17, 15) is 4.79 Å². The molecule has 0 atom stereocenters. The molecule has 1 amide bonds. The predicted octanol–water partition coefficient (Wildman–Crippen LogP) is 4.03. The van der Waals surface area contributed by atoms with E-state index in [1.165, 1.54) is 0 Å². The molecule has 0 saturated heterocycles. The number of benzene rings is 2. The molecular formula is C24H18N6O. The molecule has 0 aliphatic rings. The molecule has 7 heteroatoms. The van der Waals surface area contributed by atoms with Gasteiger partial charge in [0.05, 0.1) is 12.1 Å². The average Bonchev–Trinajstić information content (AvgIpc) is 3.24. The molecule has 0 bridgehead atoms. The standard InChI is InChI=1S/C24H18N6O/c31-23(15-17-5-2-1-3-6-17)26-20-8-4-7-19(16-20)21-9-10-22-27-28-24(30(22)29-21)18-11-13-25-14-12-18/h1-14,16H,15H2,(H,26,31). The number of carbonyl (C=O) groups is 1. The highest BCUT2D eigenvalue weighted by atomic mass is 16.1. The van der Waals surface area contributed by atoms with E-state index in [0.29, 0.717) is 17.9 Å². The summed E-state index contributed by atoms with van der Waals surface area (Å²) in [5.74, 6) is 0.581. The lowest BCUT2D eigenvalue weighted by Gasteiger charge is -2.08. The Bertz CT molecular complexity index is 1350. The van der Waals surface area contributed by atoms with Crippen molar-refractivity contribution < 1.29 is 4.79 Å². The van der Waals surface area contributed by atoms with Crippen molar-refractivity contribution in [3.05, 3.63) is 96.8 Å². The fourth-order valence-corrected chi connectivity index (χ4v) is 3.37. The zero-order chi connectivity index (χ0) is 21.0. The summed E-state index contributed by atoms with van der Waals surface area (Å²) in [5.41, 5.74) is 4.87. The Morgan fingerprint density at radius 1 is 0.839 bits per heavy atom. The number of carbonyl (C=O) groups excluding carboxylic acids is 1. The lowest BCUT2D eigenvalue weighted by atomic mass is 10.1. The van der Waals surface area contributed by atoms with Gasteiger partial charge in [-0.25, -0.2) is 0 Å². The number of hydrogen-bond acceptors (Lipinski definition) is 5. The van der Waals surface area contributed by atoms with E-state index >= 15 is 0 Å². The molecule has 0 fully saturated rings. The van der Waals surface area contributed by atoms with Crippen molar-refractivity contribution in [2.45, 2.75) is 6.42 Å². The highest BCUT2D eigenvalue weighted by Gasteiger charge is 2.11. The van der Waals surface area contributed by atoms with Crippen LogP contribution < -0.4 is 5.32 Å². The Balaban J connectivity index is 1.42. The Morgan fingerprint density at radius 3 is 2.52 bits per heavy atom. The number of aromatic nitrogens is 5. The van der Waals surface area contributed by atoms with Crippen molar-refractivity contribution in [3.8, 4) is 22.6 Å². The number of hydrogen-bond donors (Lipinski definition) is 1. The number of nitrogens with one attached hydrogen (secondary N) is 1. The highest BCUT2D eigenvalue weighted by Crippen LogP contribution is 2.23. The van der Waals surface area contributed by atoms with Gasteiger partial charge in [-0.15, -0.1) is 10.2 Å².